The predicted molar refractivity (Wildman–Crippen MR) is 72.1 cm³/mol. The Labute approximate surface area is 109 Å². The molecule has 1 rings (SSSR count). The summed E-state index contributed by atoms with van der Waals surface area (Å²) in [5.41, 5.74) is 0.943. The average molecular weight is 252 g/mol. The summed E-state index contributed by atoms with van der Waals surface area (Å²) in [6.45, 7) is 10.4. The Morgan fingerprint density at radius 2 is 2.17 bits per heavy atom. The summed E-state index contributed by atoms with van der Waals surface area (Å²) in [5.74, 6) is 0.0746. The van der Waals surface area contributed by atoms with Crippen LogP contribution in [-0.4, -0.2) is 27.5 Å². The van der Waals surface area contributed by atoms with Crippen molar-refractivity contribution in [1.82, 2.24) is 20.2 Å². The van der Waals surface area contributed by atoms with E-state index in [1.165, 1.54) is 0 Å². The van der Waals surface area contributed by atoms with E-state index in [0.29, 0.717) is 13.0 Å². The number of hydrogen-bond donors (Lipinski definition) is 2. The van der Waals surface area contributed by atoms with Gasteiger partial charge in [-0.05, 0) is 27.3 Å². The summed E-state index contributed by atoms with van der Waals surface area (Å²) >= 11 is 0. The lowest BCUT2D eigenvalue weighted by molar-refractivity contribution is -0.122. The first-order chi connectivity index (χ1) is 8.42. The van der Waals surface area contributed by atoms with Gasteiger partial charge in [0.2, 0.25) is 5.91 Å². The van der Waals surface area contributed by atoms with Crippen molar-refractivity contribution in [3.8, 4) is 0 Å². The van der Waals surface area contributed by atoms with Gasteiger partial charge in [0.05, 0.1) is 12.0 Å². The van der Waals surface area contributed by atoms with Gasteiger partial charge in [-0.3, -0.25) is 4.79 Å². The first-order valence-electron chi connectivity index (χ1n) is 6.43. The number of aromatic nitrogens is 2. The molecule has 0 atom stereocenters. The number of imidazole rings is 1. The van der Waals surface area contributed by atoms with Crippen LogP contribution >= 0.6 is 0 Å². The summed E-state index contributed by atoms with van der Waals surface area (Å²) in [5, 5.41) is 6.21. The van der Waals surface area contributed by atoms with Crippen molar-refractivity contribution < 1.29 is 4.79 Å². The summed E-state index contributed by atoms with van der Waals surface area (Å²) in [4.78, 5) is 15.8. The highest BCUT2D eigenvalue weighted by Gasteiger charge is 2.13. The normalized spacial score (nSPS) is 11.6. The van der Waals surface area contributed by atoms with E-state index in [-0.39, 0.29) is 11.4 Å². The summed E-state index contributed by atoms with van der Waals surface area (Å²) < 4.78 is 2.02. The Kier molecular flexibility index (Phi) is 5.34. The van der Waals surface area contributed by atoms with Crippen molar-refractivity contribution in [3.05, 3.63) is 18.2 Å². The zero-order valence-electron chi connectivity index (χ0n) is 11.8. The number of hydrogen-bond acceptors (Lipinski definition) is 3. The fraction of sp³-hybridized carbons (Fsp3) is 0.692. The molecule has 1 amide bonds. The molecule has 1 heterocycles. The minimum absolute atomic E-state index is 0.0746. The van der Waals surface area contributed by atoms with E-state index in [4.69, 9.17) is 0 Å². The first kappa shape index (κ1) is 14.7. The van der Waals surface area contributed by atoms with Crippen molar-refractivity contribution >= 4 is 5.91 Å². The Hall–Kier alpha value is -1.36. The smallest absolute Gasteiger partial charge is 0.222 e. The van der Waals surface area contributed by atoms with Crippen molar-refractivity contribution in [2.45, 2.75) is 52.7 Å². The highest BCUT2D eigenvalue weighted by atomic mass is 16.1. The third-order valence-corrected chi connectivity index (χ3v) is 2.45. The summed E-state index contributed by atoms with van der Waals surface area (Å²) in [6, 6.07) is 0. The van der Waals surface area contributed by atoms with Crippen LogP contribution in [0.3, 0.4) is 0 Å². The van der Waals surface area contributed by atoms with E-state index in [1.54, 1.807) is 6.33 Å². The molecule has 0 saturated heterocycles. The van der Waals surface area contributed by atoms with Gasteiger partial charge < -0.3 is 15.2 Å². The van der Waals surface area contributed by atoms with Gasteiger partial charge in [0.25, 0.3) is 0 Å². The molecule has 0 fully saturated rings. The average Bonchev–Trinajstić information content (AvgIpc) is 2.68. The molecule has 0 bridgehead atoms. The fourth-order valence-corrected chi connectivity index (χ4v) is 1.65. The molecule has 0 aliphatic rings. The monoisotopic (exact) mass is 252 g/mol. The molecule has 0 unspecified atom stereocenters. The molecule has 102 valence electrons. The fourth-order valence-electron chi connectivity index (χ4n) is 1.65. The van der Waals surface area contributed by atoms with Gasteiger partial charge in [-0.15, -0.1) is 0 Å². The second-order valence-electron chi connectivity index (χ2n) is 5.41. The lowest BCUT2D eigenvalue weighted by atomic mass is 10.1. The lowest BCUT2D eigenvalue weighted by Crippen LogP contribution is -2.40. The van der Waals surface area contributed by atoms with Crippen LogP contribution in [0.5, 0.6) is 0 Å². The lowest BCUT2D eigenvalue weighted by Gasteiger charge is -2.20. The molecule has 0 radical (unpaired) electrons. The first-order valence-corrected chi connectivity index (χ1v) is 6.43. The van der Waals surface area contributed by atoms with Gasteiger partial charge in [-0.25, -0.2) is 4.98 Å². The van der Waals surface area contributed by atoms with Gasteiger partial charge in [0.1, 0.15) is 0 Å². The number of amides is 1. The topological polar surface area (TPSA) is 59.0 Å². The van der Waals surface area contributed by atoms with Crippen molar-refractivity contribution in [3.63, 3.8) is 0 Å². The molecule has 0 aliphatic carbocycles. The van der Waals surface area contributed by atoms with Gasteiger partial charge in [0, 0.05) is 31.2 Å². The molecule has 2 N–H and O–H groups in total. The van der Waals surface area contributed by atoms with Crippen molar-refractivity contribution in [1.29, 1.82) is 0 Å². The van der Waals surface area contributed by atoms with Crippen LogP contribution < -0.4 is 10.6 Å². The minimum Gasteiger partial charge on any atom is -0.351 e. The number of carbonyl (C=O) groups excluding carboxylic acids is 1. The molecule has 5 nitrogen and oxygen atoms in total. The predicted octanol–water partition coefficient (Wildman–Crippen LogP) is 1.30. The van der Waals surface area contributed by atoms with E-state index in [9.17, 15) is 4.79 Å². The molecule has 0 aliphatic heterocycles. The Balaban J connectivity index is 2.43. The third-order valence-electron chi connectivity index (χ3n) is 2.45. The van der Waals surface area contributed by atoms with Crippen LogP contribution in [0, 0.1) is 0 Å². The van der Waals surface area contributed by atoms with E-state index in [1.807, 2.05) is 31.5 Å². The van der Waals surface area contributed by atoms with E-state index >= 15 is 0 Å². The molecular formula is C13H24N4O. The van der Waals surface area contributed by atoms with Crippen LogP contribution in [0.25, 0.3) is 0 Å². The molecule has 0 spiro atoms. The molecule has 5 heteroatoms. The van der Waals surface area contributed by atoms with Crippen LogP contribution in [0.1, 0.15) is 39.8 Å². The minimum atomic E-state index is -0.168. The maximum atomic E-state index is 11.7. The maximum absolute atomic E-state index is 11.7. The van der Waals surface area contributed by atoms with Gasteiger partial charge in [-0.2, -0.15) is 0 Å². The van der Waals surface area contributed by atoms with Crippen molar-refractivity contribution in [2.24, 2.45) is 0 Å². The number of rotatable bonds is 6. The Morgan fingerprint density at radius 3 is 2.78 bits per heavy atom. The Bertz CT molecular complexity index is 379. The van der Waals surface area contributed by atoms with E-state index < -0.39 is 0 Å². The largest absolute Gasteiger partial charge is 0.351 e. The molecule has 0 aromatic carbocycles. The molecule has 0 saturated carbocycles. The molecule has 18 heavy (non-hydrogen) atoms. The number of nitrogens with zero attached hydrogens (tertiary/aromatic N) is 2. The van der Waals surface area contributed by atoms with Gasteiger partial charge in [0.15, 0.2) is 0 Å². The third kappa shape index (κ3) is 5.31. The SMILES string of the molecule is CCNCc1cncn1CCC(=O)NC(C)(C)C. The van der Waals surface area contributed by atoms with Crippen LogP contribution in [0.4, 0.5) is 0 Å². The van der Waals surface area contributed by atoms with Crippen molar-refractivity contribution in [2.75, 3.05) is 6.54 Å². The van der Waals surface area contributed by atoms with Crippen LogP contribution in [0.2, 0.25) is 0 Å². The quantitative estimate of drug-likeness (QED) is 0.802. The molecule has 1 aromatic heterocycles. The van der Waals surface area contributed by atoms with Crippen LogP contribution in [0.15, 0.2) is 12.5 Å². The molecule has 1 aromatic rings. The zero-order valence-corrected chi connectivity index (χ0v) is 11.8. The number of nitrogens with one attached hydrogen (secondary N) is 2. The Morgan fingerprint density at radius 1 is 1.44 bits per heavy atom. The van der Waals surface area contributed by atoms with Gasteiger partial charge in [-0.1, -0.05) is 6.92 Å². The number of aryl methyl sites for hydroxylation is 1. The highest BCUT2D eigenvalue weighted by Crippen LogP contribution is 2.03. The van der Waals surface area contributed by atoms with Gasteiger partial charge >= 0.3 is 0 Å². The summed E-state index contributed by atoms with van der Waals surface area (Å²) in [6.07, 6.45) is 4.09. The van der Waals surface area contributed by atoms with E-state index in [0.717, 1.165) is 18.8 Å². The maximum Gasteiger partial charge on any atom is 0.222 e. The number of carbonyl (C=O) groups is 1. The summed E-state index contributed by atoms with van der Waals surface area (Å²) in [7, 11) is 0. The van der Waals surface area contributed by atoms with E-state index in [2.05, 4.69) is 22.5 Å². The zero-order chi connectivity index (χ0) is 13.6. The standard InChI is InChI=1S/C13H24N4O/c1-5-14-8-11-9-15-10-17(11)7-6-12(18)16-13(2,3)4/h9-10,14H,5-8H2,1-4H3,(H,16,18). The second-order valence-corrected chi connectivity index (χ2v) is 5.41. The highest BCUT2D eigenvalue weighted by molar-refractivity contribution is 5.76. The van der Waals surface area contributed by atoms with Crippen LogP contribution in [-0.2, 0) is 17.9 Å². The second kappa shape index (κ2) is 6.54. The molecular weight excluding hydrogens is 228 g/mol.